The van der Waals surface area contributed by atoms with Crippen LogP contribution in [0.25, 0.3) is 11.2 Å². The van der Waals surface area contributed by atoms with Gasteiger partial charge < -0.3 is 4.57 Å². The number of likely N-dealkylation sites (tertiary alicyclic amines) is 1. The van der Waals surface area contributed by atoms with Gasteiger partial charge in [-0.15, -0.1) is 10.2 Å². The van der Waals surface area contributed by atoms with Gasteiger partial charge in [0.1, 0.15) is 12.2 Å². The Labute approximate surface area is 217 Å². The third kappa shape index (κ3) is 3.88. The van der Waals surface area contributed by atoms with Gasteiger partial charge in [-0.1, -0.05) is 18.6 Å². The summed E-state index contributed by atoms with van der Waals surface area (Å²) in [7, 11) is 1.91. The Morgan fingerprint density at radius 2 is 1.92 bits per heavy atom. The summed E-state index contributed by atoms with van der Waals surface area (Å²) >= 11 is 0. The molecule has 4 aromatic rings. The minimum absolute atomic E-state index is 0.00700. The highest BCUT2D eigenvalue weighted by Gasteiger charge is 2.52. The number of hydrogen-bond acceptors (Lipinski definition) is 4. The van der Waals surface area contributed by atoms with E-state index in [9.17, 15) is 18.0 Å². The molecule has 1 saturated heterocycles. The molecule has 2 saturated carbocycles. The van der Waals surface area contributed by atoms with E-state index in [1.165, 1.54) is 29.7 Å². The maximum atomic E-state index is 14.2. The lowest BCUT2D eigenvalue weighted by Crippen LogP contribution is -2.47. The molecule has 0 amide bonds. The standard InChI is InChI=1S/C28H29F3N6O/c1-34-17-32-33-25(34)24(19-4-2-5-19)20-6-3-7-21(11-20)36-14-23-22(28(29,30)31)10-18(13-37(23)26(36)38)12-35-15-27(16-35)8-9-27/h3,6-7,10-11,13-14,17,19,24H,2,4-5,8-9,12,15-16H2,1H3/t24-/m1/s1. The van der Waals surface area contributed by atoms with Crippen LogP contribution in [0.1, 0.15) is 60.5 Å². The average molecular weight is 523 g/mol. The number of hydrogen-bond donors (Lipinski definition) is 0. The normalized spacial score (nSPS) is 20.0. The first-order chi connectivity index (χ1) is 18.2. The Balaban J connectivity index is 1.29. The van der Waals surface area contributed by atoms with Crippen molar-refractivity contribution in [3.05, 3.63) is 82.1 Å². The molecule has 1 spiro atoms. The Morgan fingerprint density at radius 3 is 2.55 bits per heavy atom. The third-order valence-corrected chi connectivity index (χ3v) is 8.76. The van der Waals surface area contributed by atoms with Crippen LogP contribution in [0.5, 0.6) is 0 Å². The molecule has 0 unspecified atom stereocenters. The fourth-order valence-corrected chi connectivity index (χ4v) is 6.36. The van der Waals surface area contributed by atoms with E-state index in [1.807, 2.05) is 29.8 Å². The Hall–Kier alpha value is -3.40. The minimum Gasteiger partial charge on any atom is -0.320 e. The first-order valence-corrected chi connectivity index (χ1v) is 13.2. The van der Waals surface area contributed by atoms with Crippen molar-refractivity contribution in [1.82, 2.24) is 28.6 Å². The van der Waals surface area contributed by atoms with Crippen LogP contribution in [-0.2, 0) is 19.8 Å². The maximum absolute atomic E-state index is 14.2. The van der Waals surface area contributed by atoms with Gasteiger partial charge in [0.05, 0.1) is 16.8 Å². The first kappa shape index (κ1) is 23.7. The van der Waals surface area contributed by atoms with Crippen molar-refractivity contribution in [2.24, 2.45) is 18.4 Å². The Kier molecular flexibility index (Phi) is 5.17. The van der Waals surface area contributed by atoms with Crippen molar-refractivity contribution >= 4 is 5.52 Å². The number of halogens is 3. The van der Waals surface area contributed by atoms with E-state index in [0.29, 0.717) is 29.1 Å². The van der Waals surface area contributed by atoms with Crippen molar-refractivity contribution in [1.29, 1.82) is 0 Å². The Morgan fingerprint density at radius 1 is 1.13 bits per heavy atom. The smallest absolute Gasteiger partial charge is 0.320 e. The second-order valence-corrected chi connectivity index (χ2v) is 11.5. The topological polar surface area (TPSA) is 60.4 Å². The van der Waals surface area contributed by atoms with Gasteiger partial charge in [-0.2, -0.15) is 13.2 Å². The van der Waals surface area contributed by atoms with Crippen molar-refractivity contribution < 1.29 is 13.2 Å². The lowest BCUT2D eigenvalue weighted by molar-refractivity contribution is -0.136. The van der Waals surface area contributed by atoms with Crippen LogP contribution < -0.4 is 5.69 Å². The number of aromatic nitrogens is 5. The van der Waals surface area contributed by atoms with Crippen LogP contribution in [-0.4, -0.2) is 41.7 Å². The predicted molar refractivity (Wildman–Crippen MR) is 135 cm³/mol. The molecule has 3 fully saturated rings. The van der Waals surface area contributed by atoms with E-state index in [-0.39, 0.29) is 11.4 Å². The first-order valence-electron chi connectivity index (χ1n) is 13.2. The van der Waals surface area contributed by atoms with Crippen molar-refractivity contribution in [2.45, 2.75) is 50.7 Å². The molecule has 3 aliphatic rings. The number of benzene rings is 1. The van der Waals surface area contributed by atoms with Gasteiger partial charge in [-0.25, -0.2) is 4.79 Å². The summed E-state index contributed by atoms with van der Waals surface area (Å²) in [5.74, 6) is 1.27. The van der Waals surface area contributed by atoms with E-state index in [1.54, 1.807) is 18.6 Å². The molecule has 2 aliphatic carbocycles. The van der Waals surface area contributed by atoms with Crippen molar-refractivity contribution in [3.8, 4) is 5.69 Å². The average Bonchev–Trinajstić information content (AvgIpc) is 3.41. The van der Waals surface area contributed by atoms with E-state index in [4.69, 9.17) is 0 Å². The molecule has 4 heterocycles. The summed E-state index contributed by atoms with van der Waals surface area (Å²) in [6.07, 6.45) is 5.71. The van der Waals surface area contributed by atoms with Gasteiger partial charge in [-0.3, -0.25) is 13.9 Å². The van der Waals surface area contributed by atoms with Gasteiger partial charge in [0.25, 0.3) is 0 Å². The van der Waals surface area contributed by atoms with Gasteiger partial charge in [0.2, 0.25) is 0 Å². The highest BCUT2D eigenvalue weighted by molar-refractivity contribution is 5.58. The molecule has 38 heavy (non-hydrogen) atoms. The molecule has 7 nitrogen and oxygen atoms in total. The number of rotatable bonds is 6. The second kappa shape index (κ2) is 8.30. The zero-order valence-electron chi connectivity index (χ0n) is 21.2. The van der Waals surface area contributed by atoms with Crippen LogP contribution in [0.15, 0.2) is 53.8 Å². The number of nitrogens with zero attached hydrogens (tertiary/aromatic N) is 6. The molecular weight excluding hydrogens is 493 g/mol. The van der Waals surface area contributed by atoms with E-state index in [2.05, 4.69) is 15.1 Å². The highest BCUT2D eigenvalue weighted by atomic mass is 19.4. The number of alkyl halides is 3. The monoisotopic (exact) mass is 522 g/mol. The van der Waals surface area contributed by atoms with Crippen molar-refractivity contribution in [2.75, 3.05) is 13.1 Å². The van der Waals surface area contributed by atoms with Gasteiger partial charge in [0, 0.05) is 45.0 Å². The maximum Gasteiger partial charge on any atom is 0.418 e. The van der Waals surface area contributed by atoms with Crippen LogP contribution in [0, 0.1) is 11.3 Å². The lowest BCUT2D eigenvalue weighted by Gasteiger charge is -2.40. The number of pyridine rings is 1. The van der Waals surface area contributed by atoms with Crippen LogP contribution in [0.3, 0.4) is 0 Å². The summed E-state index contributed by atoms with van der Waals surface area (Å²) in [5.41, 5.74) is 0.999. The number of fused-ring (bicyclic) bond motifs is 1. The minimum atomic E-state index is -4.57. The zero-order valence-corrected chi connectivity index (χ0v) is 21.2. The van der Waals surface area contributed by atoms with E-state index in [0.717, 1.165) is 48.1 Å². The molecule has 1 atom stereocenters. The molecular formula is C28H29F3N6O. The molecule has 7 rings (SSSR count). The molecule has 0 N–H and O–H groups in total. The third-order valence-electron chi connectivity index (χ3n) is 8.76. The summed E-state index contributed by atoms with van der Waals surface area (Å²) in [5, 5.41) is 8.42. The molecule has 0 radical (unpaired) electrons. The lowest BCUT2D eigenvalue weighted by atomic mass is 9.72. The summed E-state index contributed by atoms with van der Waals surface area (Å²) in [4.78, 5) is 15.7. The number of aryl methyl sites for hydroxylation is 1. The highest BCUT2D eigenvalue weighted by Crippen LogP contribution is 2.53. The van der Waals surface area contributed by atoms with E-state index < -0.39 is 17.4 Å². The summed E-state index contributed by atoms with van der Waals surface area (Å²) in [6.45, 7) is 2.25. The largest absolute Gasteiger partial charge is 0.418 e. The second-order valence-electron chi connectivity index (χ2n) is 11.5. The predicted octanol–water partition coefficient (Wildman–Crippen LogP) is 4.77. The molecule has 10 heteroatoms. The van der Waals surface area contributed by atoms with Crippen LogP contribution in [0.2, 0.25) is 0 Å². The molecule has 3 aromatic heterocycles. The Bertz CT molecular complexity index is 1580. The molecule has 1 aromatic carbocycles. The van der Waals surface area contributed by atoms with Gasteiger partial charge >= 0.3 is 11.9 Å². The SMILES string of the molecule is Cn1cnnc1[C@@H](c1cccc(-n2cc3c(C(F)(F)F)cc(CN4CC5(CC5)C4)cn3c2=O)c1)C1CCC1. The fraction of sp³-hybridized carbons (Fsp3) is 0.464. The van der Waals surface area contributed by atoms with E-state index >= 15 is 0 Å². The summed E-state index contributed by atoms with van der Waals surface area (Å²) < 4.78 is 46.9. The fourth-order valence-electron chi connectivity index (χ4n) is 6.36. The zero-order chi connectivity index (χ0) is 26.2. The van der Waals surface area contributed by atoms with Crippen LogP contribution in [0.4, 0.5) is 13.2 Å². The number of imidazole rings is 1. The quantitative estimate of drug-likeness (QED) is 0.366. The molecule has 1 aliphatic heterocycles. The van der Waals surface area contributed by atoms with Gasteiger partial charge in [0.15, 0.2) is 0 Å². The van der Waals surface area contributed by atoms with Crippen molar-refractivity contribution in [3.63, 3.8) is 0 Å². The molecule has 198 valence electrons. The van der Waals surface area contributed by atoms with Gasteiger partial charge in [-0.05, 0) is 66.3 Å². The molecule has 0 bridgehead atoms. The summed E-state index contributed by atoms with van der Waals surface area (Å²) in [6, 6.07) is 8.73. The van der Waals surface area contributed by atoms with Crippen LogP contribution >= 0.6 is 0 Å².